The first-order chi connectivity index (χ1) is 7.66. The van der Waals surface area contributed by atoms with Gasteiger partial charge in [-0.05, 0) is 34.7 Å². The van der Waals surface area contributed by atoms with Crippen molar-refractivity contribution in [2.45, 2.75) is 19.8 Å². The van der Waals surface area contributed by atoms with E-state index in [0.717, 1.165) is 11.1 Å². The van der Waals surface area contributed by atoms with E-state index in [4.69, 9.17) is 0 Å². The second kappa shape index (κ2) is 4.48. The molecule has 0 aliphatic heterocycles. The SMILES string of the molecule is CC(C)c1ccc(-c2ccc(F)cc2)cc1. The normalized spacial score (nSPS) is 10.8. The van der Waals surface area contributed by atoms with Crippen LogP contribution in [0.3, 0.4) is 0 Å². The Labute approximate surface area is 95.7 Å². The number of benzene rings is 2. The predicted octanol–water partition coefficient (Wildman–Crippen LogP) is 4.62. The Kier molecular flexibility index (Phi) is 3.04. The first kappa shape index (κ1) is 10.9. The third-order valence-electron chi connectivity index (χ3n) is 2.75. The lowest BCUT2D eigenvalue weighted by molar-refractivity contribution is 0.628. The average Bonchev–Trinajstić information content (AvgIpc) is 2.30. The fraction of sp³-hybridized carbons (Fsp3) is 0.200. The van der Waals surface area contributed by atoms with E-state index < -0.39 is 0 Å². The van der Waals surface area contributed by atoms with Crippen molar-refractivity contribution in [1.29, 1.82) is 0 Å². The molecule has 0 aliphatic rings. The molecule has 0 fully saturated rings. The Bertz CT molecular complexity index is 452. The molecular formula is C15H15F. The molecule has 0 radical (unpaired) electrons. The molecule has 0 spiro atoms. The van der Waals surface area contributed by atoms with Crippen LogP contribution in [0.4, 0.5) is 4.39 Å². The largest absolute Gasteiger partial charge is 0.207 e. The van der Waals surface area contributed by atoms with Crippen molar-refractivity contribution in [2.75, 3.05) is 0 Å². The van der Waals surface area contributed by atoms with Gasteiger partial charge in [-0.3, -0.25) is 0 Å². The summed E-state index contributed by atoms with van der Waals surface area (Å²) in [6.45, 7) is 4.35. The number of halogens is 1. The molecule has 0 amide bonds. The summed E-state index contributed by atoms with van der Waals surface area (Å²) in [5.74, 6) is 0.352. The van der Waals surface area contributed by atoms with Crippen molar-refractivity contribution in [3.05, 3.63) is 59.9 Å². The van der Waals surface area contributed by atoms with Crippen LogP contribution in [0.5, 0.6) is 0 Å². The number of hydrogen-bond donors (Lipinski definition) is 0. The molecule has 1 heteroatoms. The van der Waals surface area contributed by atoms with Crippen LogP contribution in [-0.4, -0.2) is 0 Å². The lowest BCUT2D eigenvalue weighted by Crippen LogP contribution is -1.86. The monoisotopic (exact) mass is 214 g/mol. The van der Waals surface area contributed by atoms with Crippen molar-refractivity contribution >= 4 is 0 Å². The first-order valence-corrected chi connectivity index (χ1v) is 5.53. The third-order valence-corrected chi connectivity index (χ3v) is 2.75. The highest BCUT2D eigenvalue weighted by atomic mass is 19.1. The van der Waals surface area contributed by atoms with Gasteiger partial charge in [0.2, 0.25) is 0 Å². The van der Waals surface area contributed by atoms with E-state index in [1.54, 1.807) is 12.1 Å². The maximum absolute atomic E-state index is 12.8. The molecule has 82 valence electrons. The average molecular weight is 214 g/mol. The van der Waals surface area contributed by atoms with Crippen molar-refractivity contribution in [3.8, 4) is 11.1 Å². The van der Waals surface area contributed by atoms with E-state index in [0.29, 0.717) is 5.92 Å². The number of hydrogen-bond acceptors (Lipinski definition) is 0. The van der Waals surface area contributed by atoms with E-state index in [9.17, 15) is 4.39 Å². The van der Waals surface area contributed by atoms with Crippen LogP contribution in [-0.2, 0) is 0 Å². The molecule has 2 rings (SSSR count). The summed E-state index contributed by atoms with van der Waals surface area (Å²) in [4.78, 5) is 0. The molecular weight excluding hydrogens is 199 g/mol. The Morgan fingerprint density at radius 3 is 1.62 bits per heavy atom. The standard InChI is InChI=1S/C15H15F/c1-11(2)12-3-5-13(6-4-12)14-7-9-15(16)10-8-14/h3-11H,1-2H3. The summed E-state index contributed by atoms with van der Waals surface area (Å²) in [6.07, 6.45) is 0. The fourth-order valence-electron chi connectivity index (χ4n) is 1.70. The molecule has 16 heavy (non-hydrogen) atoms. The van der Waals surface area contributed by atoms with Crippen LogP contribution in [0, 0.1) is 5.82 Å². The van der Waals surface area contributed by atoms with Crippen molar-refractivity contribution in [1.82, 2.24) is 0 Å². The Morgan fingerprint density at radius 1 is 0.750 bits per heavy atom. The molecule has 0 saturated carbocycles. The fourth-order valence-corrected chi connectivity index (χ4v) is 1.70. The van der Waals surface area contributed by atoms with E-state index >= 15 is 0 Å². The minimum absolute atomic E-state index is 0.192. The van der Waals surface area contributed by atoms with Gasteiger partial charge in [-0.1, -0.05) is 50.2 Å². The Morgan fingerprint density at radius 2 is 1.19 bits per heavy atom. The van der Waals surface area contributed by atoms with Gasteiger partial charge in [-0.25, -0.2) is 4.39 Å². The molecule has 2 aromatic rings. The van der Waals surface area contributed by atoms with E-state index in [1.807, 2.05) is 0 Å². The van der Waals surface area contributed by atoms with Crippen molar-refractivity contribution in [3.63, 3.8) is 0 Å². The summed E-state index contributed by atoms with van der Waals surface area (Å²) in [6, 6.07) is 15.0. The smallest absolute Gasteiger partial charge is 0.123 e. The summed E-state index contributed by atoms with van der Waals surface area (Å²) in [7, 11) is 0. The predicted molar refractivity (Wildman–Crippen MR) is 65.9 cm³/mol. The van der Waals surface area contributed by atoms with E-state index in [-0.39, 0.29) is 5.82 Å². The zero-order valence-corrected chi connectivity index (χ0v) is 9.57. The highest BCUT2D eigenvalue weighted by Gasteiger charge is 2.00. The topological polar surface area (TPSA) is 0 Å². The molecule has 0 nitrogen and oxygen atoms in total. The van der Waals surface area contributed by atoms with Gasteiger partial charge in [-0.15, -0.1) is 0 Å². The lowest BCUT2D eigenvalue weighted by atomic mass is 9.99. The van der Waals surface area contributed by atoms with Crippen LogP contribution in [0.1, 0.15) is 25.3 Å². The van der Waals surface area contributed by atoms with Crippen LogP contribution in [0.2, 0.25) is 0 Å². The van der Waals surface area contributed by atoms with Gasteiger partial charge in [0.15, 0.2) is 0 Å². The summed E-state index contributed by atoms with van der Waals surface area (Å²) in [5, 5.41) is 0. The summed E-state index contributed by atoms with van der Waals surface area (Å²) in [5.41, 5.74) is 3.51. The van der Waals surface area contributed by atoms with E-state index in [1.165, 1.54) is 17.7 Å². The minimum atomic E-state index is -0.192. The third kappa shape index (κ3) is 2.30. The molecule has 0 heterocycles. The van der Waals surface area contributed by atoms with Gasteiger partial charge in [0, 0.05) is 0 Å². The maximum atomic E-state index is 12.8. The zero-order chi connectivity index (χ0) is 11.5. The molecule has 0 aromatic heterocycles. The van der Waals surface area contributed by atoms with Crippen LogP contribution < -0.4 is 0 Å². The van der Waals surface area contributed by atoms with Gasteiger partial charge < -0.3 is 0 Å². The molecule has 0 unspecified atom stereocenters. The van der Waals surface area contributed by atoms with Crippen LogP contribution in [0.15, 0.2) is 48.5 Å². The van der Waals surface area contributed by atoms with Gasteiger partial charge in [0.05, 0.1) is 0 Å². The van der Waals surface area contributed by atoms with E-state index in [2.05, 4.69) is 38.1 Å². The second-order valence-electron chi connectivity index (χ2n) is 4.28. The summed E-state index contributed by atoms with van der Waals surface area (Å²) >= 11 is 0. The van der Waals surface area contributed by atoms with Gasteiger partial charge >= 0.3 is 0 Å². The zero-order valence-electron chi connectivity index (χ0n) is 9.57. The molecule has 0 N–H and O–H groups in total. The van der Waals surface area contributed by atoms with Gasteiger partial charge in [0.25, 0.3) is 0 Å². The molecule has 2 aromatic carbocycles. The number of rotatable bonds is 2. The Hall–Kier alpha value is -1.63. The molecule has 0 atom stereocenters. The Balaban J connectivity index is 2.31. The van der Waals surface area contributed by atoms with Gasteiger partial charge in [-0.2, -0.15) is 0 Å². The highest BCUT2D eigenvalue weighted by Crippen LogP contribution is 2.22. The van der Waals surface area contributed by atoms with Crippen LogP contribution >= 0.6 is 0 Å². The maximum Gasteiger partial charge on any atom is 0.123 e. The van der Waals surface area contributed by atoms with Gasteiger partial charge in [0.1, 0.15) is 5.82 Å². The molecule has 0 saturated heterocycles. The lowest BCUT2D eigenvalue weighted by Gasteiger charge is -2.07. The molecule has 0 aliphatic carbocycles. The van der Waals surface area contributed by atoms with Crippen molar-refractivity contribution in [2.24, 2.45) is 0 Å². The second-order valence-corrected chi connectivity index (χ2v) is 4.28. The quantitative estimate of drug-likeness (QED) is 0.684. The van der Waals surface area contributed by atoms with Crippen LogP contribution in [0.25, 0.3) is 11.1 Å². The molecule has 0 bridgehead atoms. The minimum Gasteiger partial charge on any atom is -0.207 e. The van der Waals surface area contributed by atoms with Crippen molar-refractivity contribution < 1.29 is 4.39 Å². The highest BCUT2D eigenvalue weighted by molar-refractivity contribution is 5.63. The first-order valence-electron chi connectivity index (χ1n) is 5.53. The summed E-state index contributed by atoms with van der Waals surface area (Å²) < 4.78 is 12.8.